The monoisotopic (exact) mass is 304 g/mol. The second-order valence-electron chi connectivity index (χ2n) is 5.14. The Bertz CT molecular complexity index is 682. The Hall–Kier alpha value is -2.87. The highest BCUT2D eigenvalue weighted by molar-refractivity contribution is 6.04. The molecule has 0 amide bonds. The van der Waals surface area contributed by atoms with Crippen LogP contribution in [-0.4, -0.2) is 10.9 Å². The number of phenols is 1. The Morgan fingerprint density at radius 1 is 0.957 bits per heavy atom. The summed E-state index contributed by atoms with van der Waals surface area (Å²) in [7, 11) is 0. The molecule has 116 valence electrons. The Kier molecular flexibility index (Phi) is 6.61. The van der Waals surface area contributed by atoms with E-state index in [0.717, 1.165) is 12.0 Å². The first-order valence-corrected chi connectivity index (χ1v) is 7.60. The van der Waals surface area contributed by atoms with E-state index in [-0.39, 0.29) is 5.78 Å². The van der Waals surface area contributed by atoms with Gasteiger partial charge < -0.3 is 5.11 Å². The summed E-state index contributed by atoms with van der Waals surface area (Å²) in [6.07, 6.45) is 12.9. The molecule has 1 N–H and O–H groups in total. The summed E-state index contributed by atoms with van der Waals surface area (Å²) in [5.74, 6) is 0.753. The third-order valence-corrected chi connectivity index (χ3v) is 3.32. The lowest BCUT2D eigenvalue weighted by molar-refractivity contribution is 0.104. The molecule has 3 rings (SSSR count). The van der Waals surface area contributed by atoms with Crippen molar-refractivity contribution in [1.29, 1.82) is 0 Å². The summed E-state index contributed by atoms with van der Waals surface area (Å²) >= 11 is 0. The fourth-order valence-corrected chi connectivity index (χ4v) is 2.08. The molecule has 2 heteroatoms. The van der Waals surface area contributed by atoms with E-state index in [9.17, 15) is 4.79 Å². The van der Waals surface area contributed by atoms with Crippen molar-refractivity contribution in [2.75, 3.05) is 0 Å². The molecular weight excluding hydrogens is 284 g/mol. The number of phenolic OH excluding ortho intramolecular Hbond substituents is 1. The SMILES string of the molecule is O=C(C=CC1C=CC=CC1)c1ccccc1.Oc1ccccc1. The number of ketones is 1. The largest absolute Gasteiger partial charge is 0.508 e. The molecule has 0 spiro atoms. The van der Waals surface area contributed by atoms with Gasteiger partial charge >= 0.3 is 0 Å². The van der Waals surface area contributed by atoms with E-state index in [1.54, 1.807) is 30.3 Å². The minimum atomic E-state index is 0.0727. The van der Waals surface area contributed by atoms with E-state index in [2.05, 4.69) is 12.2 Å². The fraction of sp³-hybridized carbons (Fsp3) is 0.0952. The molecule has 1 aliphatic carbocycles. The minimum Gasteiger partial charge on any atom is -0.508 e. The molecule has 0 aromatic heterocycles. The van der Waals surface area contributed by atoms with Crippen LogP contribution in [0, 0.1) is 5.92 Å². The summed E-state index contributed by atoms with van der Waals surface area (Å²) in [6.45, 7) is 0. The van der Waals surface area contributed by atoms with Crippen LogP contribution in [0.3, 0.4) is 0 Å². The van der Waals surface area contributed by atoms with Crippen molar-refractivity contribution in [3.05, 3.63) is 103 Å². The van der Waals surface area contributed by atoms with Crippen molar-refractivity contribution < 1.29 is 9.90 Å². The number of rotatable bonds is 3. The number of hydrogen-bond donors (Lipinski definition) is 1. The quantitative estimate of drug-likeness (QED) is 0.643. The van der Waals surface area contributed by atoms with Crippen LogP contribution in [0.4, 0.5) is 0 Å². The molecule has 1 atom stereocenters. The van der Waals surface area contributed by atoms with Crippen LogP contribution < -0.4 is 0 Å². The molecule has 0 aliphatic heterocycles. The van der Waals surface area contributed by atoms with Gasteiger partial charge in [0.2, 0.25) is 0 Å². The molecule has 1 unspecified atom stereocenters. The van der Waals surface area contributed by atoms with Gasteiger partial charge in [0.25, 0.3) is 0 Å². The van der Waals surface area contributed by atoms with Gasteiger partial charge in [-0.1, -0.05) is 78.9 Å². The summed E-state index contributed by atoms with van der Waals surface area (Å²) in [6, 6.07) is 18.1. The maximum absolute atomic E-state index is 11.8. The summed E-state index contributed by atoms with van der Waals surface area (Å²) in [5, 5.41) is 8.63. The summed E-state index contributed by atoms with van der Waals surface area (Å²) < 4.78 is 0. The highest BCUT2D eigenvalue weighted by Gasteiger charge is 2.03. The number of benzene rings is 2. The van der Waals surface area contributed by atoms with Crippen LogP contribution in [-0.2, 0) is 0 Å². The number of para-hydroxylation sites is 1. The topological polar surface area (TPSA) is 37.3 Å². The summed E-state index contributed by atoms with van der Waals surface area (Å²) in [4.78, 5) is 11.8. The summed E-state index contributed by atoms with van der Waals surface area (Å²) in [5.41, 5.74) is 0.745. The van der Waals surface area contributed by atoms with E-state index in [4.69, 9.17) is 5.11 Å². The fourth-order valence-electron chi connectivity index (χ4n) is 2.08. The van der Waals surface area contributed by atoms with Crippen molar-refractivity contribution in [2.24, 2.45) is 5.92 Å². The van der Waals surface area contributed by atoms with Crippen LogP contribution in [0.1, 0.15) is 16.8 Å². The van der Waals surface area contributed by atoms with E-state index in [1.807, 2.05) is 54.6 Å². The van der Waals surface area contributed by atoms with Crippen LogP contribution in [0.2, 0.25) is 0 Å². The normalized spacial score (nSPS) is 15.9. The van der Waals surface area contributed by atoms with Crippen LogP contribution in [0.15, 0.2) is 97.1 Å². The lowest BCUT2D eigenvalue weighted by Crippen LogP contribution is -1.97. The molecule has 2 nitrogen and oxygen atoms in total. The zero-order chi connectivity index (χ0) is 16.3. The zero-order valence-electron chi connectivity index (χ0n) is 12.9. The molecule has 0 bridgehead atoms. The van der Waals surface area contributed by atoms with E-state index < -0.39 is 0 Å². The molecule has 2 aromatic carbocycles. The molecule has 0 saturated carbocycles. The highest BCUT2D eigenvalue weighted by atomic mass is 16.3. The van der Waals surface area contributed by atoms with Crippen molar-refractivity contribution in [3.8, 4) is 5.75 Å². The molecule has 23 heavy (non-hydrogen) atoms. The van der Waals surface area contributed by atoms with E-state index in [0.29, 0.717) is 11.7 Å². The van der Waals surface area contributed by atoms with Gasteiger partial charge in [0, 0.05) is 5.56 Å². The van der Waals surface area contributed by atoms with Gasteiger partial charge in [0.1, 0.15) is 5.75 Å². The minimum absolute atomic E-state index is 0.0727. The number of carbonyl (C=O) groups is 1. The first kappa shape index (κ1) is 16.5. The maximum atomic E-state index is 11.8. The smallest absolute Gasteiger partial charge is 0.185 e. The Morgan fingerprint density at radius 3 is 2.13 bits per heavy atom. The molecule has 2 aromatic rings. The third kappa shape index (κ3) is 6.18. The van der Waals surface area contributed by atoms with E-state index in [1.165, 1.54) is 0 Å². The molecule has 1 aliphatic rings. The maximum Gasteiger partial charge on any atom is 0.185 e. The first-order valence-electron chi connectivity index (χ1n) is 7.60. The molecule has 0 saturated heterocycles. The lowest BCUT2D eigenvalue weighted by atomic mass is 9.99. The second-order valence-corrected chi connectivity index (χ2v) is 5.14. The van der Waals surface area contributed by atoms with Crippen molar-refractivity contribution in [3.63, 3.8) is 0 Å². The van der Waals surface area contributed by atoms with Crippen LogP contribution >= 0.6 is 0 Å². The zero-order valence-corrected chi connectivity index (χ0v) is 12.9. The third-order valence-electron chi connectivity index (χ3n) is 3.32. The molecule has 0 fully saturated rings. The second kappa shape index (κ2) is 9.21. The van der Waals surface area contributed by atoms with Gasteiger partial charge in [-0.25, -0.2) is 0 Å². The Morgan fingerprint density at radius 2 is 1.61 bits per heavy atom. The predicted molar refractivity (Wildman–Crippen MR) is 94.4 cm³/mol. The average molecular weight is 304 g/mol. The van der Waals surface area contributed by atoms with Gasteiger partial charge in [-0.2, -0.15) is 0 Å². The van der Waals surface area contributed by atoms with Crippen molar-refractivity contribution in [1.82, 2.24) is 0 Å². The van der Waals surface area contributed by atoms with Gasteiger partial charge in [-0.05, 0) is 30.5 Å². The number of carbonyl (C=O) groups excluding carboxylic acids is 1. The van der Waals surface area contributed by atoms with E-state index >= 15 is 0 Å². The van der Waals surface area contributed by atoms with Crippen LogP contribution in [0.25, 0.3) is 0 Å². The highest BCUT2D eigenvalue weighted by Crippen LogP contribution is 2.13. The Balaban J connectivity index is 0.000000229. The molecular formula is C21H20O2. The van der Waals surface area contributed by atoms with Crippen molar-refractivity contribution in [2.45, 2.75) is 6.42 Å². The van der Waals surface area contributed by atoms with Gasteiger partial charge in [0.05, 0.1) is 0 Å². The van der Waals surface area contributed by atoms with Crippen molar-refractivity contribution >= 4 is 5.78 Å². The average Bonchev–Trinajstić information content (AvgIpc) is 2.62. The molecule has 0 radical (unpaired) electrons. The first-order chi connectivity index (χ1) is 11.3. The number of hydrogen-bond acceptors (Lipinski definition) is 2. The lowest BCUT2D eigenvalue weighted by Gasteiger charge is -2.06. The predicted octanol–water partition coefficient (Wildman–Crippen LogP) is 4.95. The molecule has 0 heterocycles. The van der Waals surface area contributed by atoms with Crippen LogP contribution in [0.5, 0.6) is 5.75 Å². The Labute approximate surface area is 137 Å². The number of allylic oxidation sites excluding steroid dienone is 6. The standard InChI is InChI=1S/C15H14O.C6H6O/c16-15(14-9-5-2-6-10-14)12-11-13-7-3-1-4-8-13;7-6-4-2-1-3-5-6/h1-7,9-13H,8H2;1-5,7H. The van der Waals surface area contributed by atoms with Gasteiger partial charge in [-0.15, -0.1) is 0 Å². The van der Waals surface area contributed by atoms with Gasteiger partial charge in [0.15, 0.2) is 5.78 Å². The number of aromatic hydroxyl groups is 1. The van der Waals surface area contributed by atoms with Gasteiger partial charge in [-0.3, -0.25) is 4.79 Å².